The SMILES string of the molecule is O=C(CCCOCCN(CCO)CCO)OC(CS(=O)(=O)O)(C(F)(F)F)C(F)(F)F. The van der Waals surface area contributed by atoms with Gasteiger partial charge in [0.1, 0.15) is 5.75 Å². The number of hydrogen-bond acceptors (Lipinski definition) is 8. The van der Waals surface area contributed by atoms with E-state index in [9.17, 15) is 39.6 Å². The average Bonchev–Trinajstić information content (AvgIpc) is 2.54. The van der Waals surface area contributed by atoms with Crippen LogP contribution in [0.25, 0.3) is 0 Å². The van der Waals surface area contributed by atoms with Crippen molar-refractivity contribution in [3.63, 3.8) is 0 Å². The van der Waals surface area contributed by atoms with Crippen molar-refractivity contribution in [1.29, 1.82) is 0 Å². The second-order valence-corrected chi connectivity index (χ2v) is 7.48. The van der Waals surface area contributed by atoms with Crippen LogP contribution in [-0.4, -0.2) is 104 Å². The summed E-state index contributed by atoms with van der Waals surface area (Å²) in [4.78, 5) is 13.1. The molecule has 0 fully saturated rings. The molecule has 0 aromatic rings. The van der Waals surface area contributed by atoms with Crippen molar-refractivity contribution >= 4 is 16.1 Å². The van der Waals surface area contributed by atoms with Crippen molar-refractivity contribution in [2.24, 2.45) is 0 Å². The smallest absolute Gasteiger partial charge is 0.438 e. The highest BCUT2D eigenvalue weighted by Crippen LogP contribution is 2.47. The second-order valence-electron chi connectivity index (χ2n) is 6.03. The molecule has 180 valence electrons. The first-order valence-electron chi connectivity index (χ1n) is 8.42. The molecule has 0 spiro atoms. The van der Waals surface area contributed by atoms with Crippen LogP contribution in [0.3, 0.4) is 0 Å². The van der Waals surface area contributed by atoms with E-state index in [0.29, 0.717) is 0 Å². The highest BCUT2D eigenvalue weighted by Gasteiger charge is 2.75. The zero-order valence-electron chi connectivity index (χ0n) is 15.6. The molecule has 0 aliphatic carbocycles. The maximum absolute atomic E-state index is 13.0. The number of aliphatic hydroxyl groups excluding tert-OH is 2. The lowest BCUT2D eigenvalue weighted by atomic mass is 10.1. The topological polar surface area (TPSA) is 134 Å². The van der Waals surface area contributed by atoms with Gasteiger partial charge in [-0.1, -0.05) is 0 Å². The Morgan fingerprint density at radius 1 is 0.900 bits per heavy atom. The number of carbonyl (C=O) groups excluding carboxylic acids is 1. The highest BCUT2D eigenvalue weighted by atomic mass is 32.2. The highest BCUT2D eigenvalue weighted by molar-refractivity contribution is 7.85. The minimum atomic E-state index is -6.36. The molecule has 0 radical (unpaired) electrons. The van der Waals surface area contributed by atoms with Crippen molar-refractivity contribution in [2.75, 3.05) is 51.8 Å². The summed E-state index contributed by atoms with van der Waals surface area (Å²) in [7, 11) is -5.83. The van der Waals surface area contributed by atoms with E-state index in [2.05, 4.69) is 4.74 Å². The lowest BCUT2D eigenvalue weighted by Crippen LogP contribution is -2.63. The first kappa shape index (κ1) is 28.8. The molecule has 0 rings (SSSR count). The fraction of sp³-hybridized carbons (Fsp3) is 0.929. The van der Waals surface area contributed by atoms with Gasteiger partial charge in [0, 0.05) is 32.7 Å². The number of hydrogen-bond donors (Lipinski definition) is 3. The van der Waals surface area contributed by atoms with Gasteiger partial charge in [0.2, 0.25) is 0 Å². The number of alkyl halides is 6. The molecule has 0 heterocycles. The Morgan fingerprint density at radius 3 is 1.80 bits per heavy atom. The zero-order valence-corrected chi connectivity index (χ0v) is 16.4. The van der Waals surface area contributed by atoms with Crippen LogP contribution in [0.5, 0.6) is 0 Å². The van der Waals surface area contributed by atoms with E-state index in [1.54, 1.807) is 4.90 Å². The fourth-order valence-electron chi connectivity index (χ4n) is 2.20. The Hall–Kier alpha value is -1.20. The van der Waals surface area contributed by atoms with E-state index in [1.807, 2.05) is 0 Å². The Labute approximate surface area is 168 Å². The lowest BCUT2D eigenvalue weighted by Gasteiger charge is -2.35. The Kier molecular flexibility index (Phi) is 11.5. The summed E-state index contributed by atoms with van der Waals surface area (Å²) in [5.41, 5.74) is -5.42. The molecule has 0 aromatic carbocycles. The molecule has 0 atom stereocenters. The lowest BCUT2D eigenvalue weighted by molar-refractivity contribution is -0.361. The monoisotopic (exact) mass is 479 g/mol. The Morgan fingerprint density at radius 2 is 1.40 bits per heavy atom. The normalized spacial score (nSPS) is 13.7. The maximum Gasteiger partial charge on any atom is 0.438 e. The van der Waals surface area contributed by atoms with Gasteiger partial charge in [0.15, 0.2) is 0 Å². The number of esters is 1. The van der Waals surface area contributed by atoms with Gasteiger partial charge in [-0.05, 0) is 6.42 Å². The van der Waals surface area contributed by atoms with E-state index < -0.39 is 46.2 Å². The molecule has 30 heavy (non-hydrogen) atoms. The van der Waals surface area contributed by atoms with Crippen LogP contribution in [0.15, 0.2) is 0 Å². The van der Waals surface area contributed by atoms with E-state index in [1.165, 1.54) is 0 Å². The van der Waals surface area contributed by atoms with E-state index in [4.69, 9.17) is 19.5 Å². The van der Waals surface area contributed by atoms with Gasteiger partial charge < -0.3 is 19.7 Å². The summed E-state index contributed by atoms with van der Waals surface area (Å²) in [5.74, 6) is -4.92. The third-order valence-electron chi connectivity index (χ3n) is 3.64. The van der Waals surface area contributed by atoms with Crippen LogP contribution in [0.4, 0.5) is 26.3 Å². The summed E-state index contributed by atoms with van der Waals surface area (Å²) in [6, 6.07) is 0. The Bertz CT molecular complexity index is 605. The van der Waals surface area contributed by atoms with E-state index in [-0.39, 0.29) is 52.5 Å². The van der Waals surface area contributed by atoms with E-state index >= 15 is 0 Å². The minimum Gasteiger partial charge on any atom is -0.438 e. The molecule has 9 nitrogen and oxygen atoms in total. The standard InChI is InChI=1S/C14H23F6NO8S/c15-13(16,17)12(14(18,19)20,10-30(25,26)27)29-11(24)2-1-8-28-9-5-21(3-6-22)4-7-23/h22-23H,1-10H2,(H,25,26,27). The maximum atomic E-state index is 13.0. The first-order valence-corrected chi connectivity index (χ1v) is 10.0. The summed E-state index contributed by atoms with van der Waals surface area (Å²) in [6.45, 7) is 0.148. The third kappa shape index (κ3) is 9.74. The average molecular weight is 479 g/mol. The molecule has 0 aliphatic heterocycles. The molecular weight excluding hydrogens is 456 g/mol. The van der Waals surface area contributed by atoms with Crippen LogP contribution in [0, 0.1) is 0 Å². The van der Waals surface area contributed by atoms with Gasteiger partial charge in [-0.3, -0.25) is 14.2 Å². The summed E-state index contributed by atoms with van der Waals surface area (Å²) in [6.07, 6.45) is -14.0. The molecule has 0 bridgehead atoms. The first-order chi connectivity index (χ1) is 13.6. The van der Waals surface area contributed by atoms with Crippen molar-refractivity contribution in [2.45, 2.75) is 30.8 Å². The number of aliphatic hydroxyl groups is 2. The second kappa shape index (κ2) is 12.0. The molecule has 0 saturated carbocycles. The van der Waals surface area contributed by atoms with E-state index in [0.717, 1.165) is 0 Å². The molecule has 0 aromatic heterocycles. The van der Waals surface area contributed by atoms with Gasteiger partial charge in [-0.25, -0.2) is 0 Å². The summed E-state index contributed by atoms with van der Waals surface area (Å²) < 4.78 is 117. The van der Waals surface area contributed by atoms with Crippen LogP contribution < -0.4 is 0 Å². The van der Waals surface area contributed by atoms with Gasteiger partial charge in [0.25, 0.3) is 10.1 Å². The quantitative estimate of drug-likeness (QED) is 0.140. The van der Waals surface area contributed by atoms with Crippen molar-refractivity contribution in [1.82, 2.24) is 4.90 Å². The molecule has 0 amide bonds. The molecule has 0 unspecified atom stereocenters. The number of carbonyl (C=O) groups is 1. The molecular formula is C14H23F6NO8S. The number of ether oxygens (including phenoxy) is 2. The molecule has 3 N–H and O–H groups in total. The van der Waals surface area contributed by atoms with Gasteiger partial charge in [0.05, 0.1) is 19.8 Å². The van der Waals surface area contributed by atoms with Crippen LogP contribution in [0.2, 0.25) is 0 Å². The van der Waals surface area contributed by atoms with Crippen LogP contribution in [0.1, 0.15) is 12.8 Å². The van der Waals surface area contributed by atoms with Crippen molar-refractivity contribution in [3.8, 4) is 0 Å². The predicted molar refractivity (Wildman–Crippen MR) is 88.0 cm³/mol. The third-order valence-corrected chi connectivity index (χ3v) is 4.41. The Balaban J connectivity index is 4.82. The van der Waals surface area contributed by atoms with Crippen LogP contribution >= 0.6 is 0 Å². The zero-order chi connectivity index (χ0) is 23.6. The summed E-state index contributed by atoms with van der Waals surface area (Å²) in [5, 5.41) is 17.6. The molecule has 16 heteroatoms. The number of rotatable bonds is 14. The molecule has 0 saturated heterocycles. The van der Waals surface area contributed by atoms with Gasteiger partial charge in [-0.2, -0.15) is 34.8 Å². The van der Waals surface area contributed by atoms with Crippen LogP contribution in [-0.2, 0) is 24.4 Å². The summed E-state index contributed by atoms with van der Waals surface area (Å²) >= 11 is 0. The minimum absolute atomic E-state index is 0.0346. The van der Waals surface area contributed by atoms with Crippen molar-refractivity contribution in [3.05, 3.63) is 0 Å². The number of halogens is 6. The predicted octanol–water partition coefficient (Wildman–Crippen LogP) is 0.364. The van der Waals surface area contributed by atoms with Gasteiger partial charge in [-0.15, -0.1) is 0 Å². The fourth-order valence-corrected chi connectivity index (χ4v) is 3.10. The largest absolute Gasteiger partial charge is 0.438 e. The van der Waals surface area contributed by atoms with Gasteiger partial charge >= 0.3 is 23.9 Å². The molecule has 0 aliphatic rings. The van der Waals surface area contributed by atoms with Crippen molar-refractivity contribution < 1.29 is 63.8 Å². The number of nitrogens with zero attached hydrogens (tertiary/aromatic N) is 1.